The van der Waals surface area contributed by atoms with Crippen molar-refractivity contribution in [3.63, 3.8) is 0 Å². The molecular formula is C14H11Cl3NP. The number of rotatable bonds is 4. The lowest BCUT2D eigenvalue weighted by Crippen LogP contribution is -2.12. The molecule has 0 aliphatic rings. The summed E-state index contributed by atoms with van der Waals surface area (Å²) in [6.07, 6.45) is 0. The second kappa shape index (κ2) is 7.17. The van der Waals surface area contributed by atoms with Crippen molar-refractivity contribution in [3.05, 3.63) is 71.6 Å². The van der Waals surface area contributed by atoms with Gasteiger partial charge in [0, 0.05) is 17.2 Å². The number of hydrogen-bond donors (Lipinski definition) is 0. The van der Waals surface area contributed by atoms with E-state index < -0.39 is 6.63 Å². The third kappa shape index (κ3) is 4.12. The van der Waals surface area contributed by atoms with Gasteiger partial charge in [-0.25, -0.2) is 0 Å². The zero-order valence-electron chi connectivity index (χ0n) is 9.88. The van der Waals surface area contributed by atoms with Crippen molar-refractivity contribution >= 4 is 52.1 Å². The van der Waals surface area contributed by atoms with Crippen LogP contribution in [-0.4, -0.2) is 0 Å². The minimum atomic E-state index is -1.24. The molecule has 0 aliphatic heterocycles. The van der Waals surface area contributed by atoms with Gasteiger partial charge < -0.3 is 4.90 Å². The lowest BCUT2D eigenvalue weighted by Gasteiger charge is -2.24. The van der Waals surface area contributed by atoms with Crippen molar-refractivity contribution in [3.8, 4) is 0 Å². The summed E-state index contributed by atoms with van der Waals surface area (Å²) < 4.78 is 0. The number of halogens is 3. The standard InChI is InChI=1S/C14H11Cl3NP/c15-14(11-19(16)17)18(12-7-3-1-4-8-12)13-9-5-2-6-10-13/h1-11H/b14-11+. The van der Waals surface area contributed by atoms with E-state index in [0.717, 1.165) is 11.4 Å². The van der Waals surface area contributed by atoms with E-state index in [9.17, 15) is 0 Å². The molecule has 0 atom stereocenters. The van der Waals surface area contributed by atoms with Gasteiger partial charge >= 0.3 is 0 Å². The first-order valence-electron chi connectivity index (χ1n) is 5.57. The summed E-state index contributed by atoms with van der Waals surface area (Å²) in [7, 11) is 0. The van der Waals surface area contributed by atoms with Gasteiger partial charge in [0.15, 0.2) is 0 Å². The van der Waals surface area contributed by atoms with Crippen LogP contribution < -0.4 is 4.90 Å². The molecule has 0 saturated heterocycles. The number of para-hydroxylation sites is 2. The van der Waals surface area contributed by atoms with Crippen LogP contribution in [0.4, 0.5) is 11.4 Å². The van der Waals surface area contributed by atoms with Crippen molar-refractivity contribution in [2.75, 3.05) is 4.90 Å². The molecule has 0 aromatic heterocycles. The van der Waals surface area contributed by atoms with Gasteiger partial charge in [0.25, 0.3) is 0 Å². The van der Waals surface area contributed by atoms with Crippen molar-refractivity contribution in [1.82, 2.24) is 0 Å². The van der Waals surface area contributed by atoms with E-state index in [0.29, 0.717) is 5.16 Å². The zero-order chi connectivity index (χ0) is 13.7. The molecule has 19 heavy (non-hydrogen) atoms. The van der Waals surface area contributed by atoms with E-state index in [-0.39, 0.29) is 0 Å². The molecular weight excluding hydrogens is 319 g/mol. The van der Waals surface area contributed by atoms with Gasteiger partial charge in [0.05, 0.1) is 0 Å². The van der Waals surface area contributed by atoms with E-state index in [1.54, 1.807) is 5.82 Å². The van der Waals surface area contributed by atoms with Crippen molar-refractivity contribution < 1.29 is 0 Å². The highest BCUT2D eigenvalue weighted by Gasteiger charge is 2.13. The molecule has 5 heteroatoms. The van der Waals surface area contributed by atoms with E-state index in [1.165, 1.54) is 0 Å². The van der Waals surface area contributed by atoms with Gasteiger partial charge in [-0.15, -0.1) is 0 Å². The van der Waals surface area contributed by atoms with E-state index in [1.807, 2.05) is 65.6 Å². The Morgan fingerprint density at radius 1 is 0.842 bits per heavy atom. The van der Waals surface area contributed by atoms with Crippen molar-refractivity contribution in [1.29, 1.82) is 0 Å². The minimum absolute atomic E-state index is 0.494. The Labute approximate surface area is 128 Å². The number of anilines is 2. The van der Waals surface area contributed by atoms with Crippen LogP contribution in [0.3, 0.4) is 0 Å². The molecule has 0 radical (unpaired) electrons. The molecule has 0 N–H and O–H groups in total. The van der Waals surface area contributed by atoms with Gasteiger partial charge in [-0.3, -0.25) is 0 Å². The normalized spacial score (nSPS) is 11.7. The molecule has 0 spiro atoms. The van der Waals surface area contributed by atoms with Crippen LogP contribution in [0.15, 0.2) is 71.6 Å². The molecule has 98 valence electrons. The van der Waals surface area contributed by atoms with Crippen LogP contribution in [0.1, 0.15) is 0 Å². The molecule has 2 rings (SSSR count). The van der Waals surface area contributed by atoms with Crippen LogP contribution in [0.25, 0.3) is 0 Å². The topological polar surface area (TPSA) is 3.24 Å². The second-order valence-corrected chi connectivity index (χ2v) is 7.59. The molecule has 2 aromatic carbocycles. The number of benzene rings is 2. The Morgan fingerprint density at radius 3 is 1.63 bits per heavy atom. The first-order valence-corrected chi connectivity index (χ1v) is 9.16. The molecule has 0 amide bonds. The van der Waals surface area contributed by atoms with Crippen molar-refractivity contribution in [2.45, 2.75) is 0 Å². The molecule has 0 unspecified atom stereocenters. The highest BCUT2D eigenvalue weighted by molar-refractivity contribution is 8.06. The van der Waals surface area contributed by atoms with Crippen LogP contribution in [-0.2, 0) is 0 Å². The van der Waals surface area contributed by atoms with Crippen LogP contribution in [0.5, 0.6) is 0 Å². The SMILES string of the molecule is Cl/C(=C\P(Cl)Cl)N(c1ccccc1)c1ccccc1. The summed E-state index contributed by atoms with van der Waals surface area (Å²) in [5.74, 6) is 1.65. The third-order valence-corrected chi connectivity index (χ3v) is 3.90. The summed E-state index contributed by atoms with van der Waals surface area (Å²) in [4.78, 5) is 1.90. The molecule has 0 heterocycles. The summed E-state index contributed by atoms with van der Waals surface area (Å²) >= 11 is 18.0. The van der Waals surface area contributed by atoms with E-state index in [4.69, 9.17) is 34.1 Å². The average Bonchev–Trinajstić information content (AvgIpc) is 2.40. The molecule has 0 bridgehead atoms. The smallest absolute Gasteiger partial charge is 0.116 e. The summed E-state index contributed by atoms with van der Waals surface area (Å²) in [6, 6.07) is 19.7. The van der Waals surface area contributed by atoms with Gasteiger partial charge in [0.1, 0.15) is 11.8 Å². The van der Waals surface area contributed by atoms with Gasteiger partial charge in [-0.2, -0.15) is 0 Å². The van der Waals surface area contributed by atoms with E-state index in [2.05, 4.69) is 0 Å². The second-order valence-electron chi connectivity index (χ2n) is 3.72. The lowest BCUT2D eigenvalue weighted by atomic mass is 10.2. The lowest BCUT2D eigenvalue weighted by molar-refractivity contribution is 1.26. The average molecular weight is 331 g/mol. The Kier molecular flexibility index (Phi) is 5.54. The summed E-state index contributed by atoms with van der Waals surface area (Å²) in [5.41, 5.74) is 1.92. The zero-order valence-corrected chi connectivity index (χ0v) is 13.0. The predicted molar refractivity (Wildman–Crippen MR) is 87.6 cm³/mol. The molecule has 0 aliphatic carbocycles. The Morgan fingerprint density at radius 2 is 1.26 bits per heavy atom. The summed E-state index contributed by atoms with van der Waals surface area (Å²) in [5, 5.41) is 0.494. The summed E-state index contributed by atoms with van der Waals surface area (Å²) in [6.45, 7) is -1.24. The highest BCUT2D eigenvalue weighted by Crippen LogP contribution is 2.50. The maximum absolute atomic E-state index is 6.35. The molecule has 0 saturated carbocycles. The largest absolute Gasteiger partial charge is 0.301 e. The fourth-order valence-electron chi connectivity index (χ4n) is 1.69. The van der Waals surface area contributed by atoms with Crippen molar-refractivity contribution in [2.24, 2.45) is 0 Å². The van der Waals surface area contributed by atoms with Gasteiger partial charge in [0.2, 0.25) is 0 Å². The molecule has 0 fully saturated rings. The Balaban J connectivity index is 2.46. The van der Waals surface area contributed by atoms with Crippen LogP contribution >= 0.6 is 40.7 Å². The first kappa shape index (κ1) is 14.7. The van der Waals surface area contributed by atoms with Crippen LogP contribution in [0, 0.1) is 0 Å². The van der Waals surface area contributed by atoms with Gasteiger partial charge in [-0.05, 0) is 24.3 Å². The minimum Gasteiger partial charge on any atom is -0.301 e. The Hall–Kier alpha value is -0.720. The molecule has 2 aromatic rings. The monoisotopic (exact) mass is 329 g/mol. The fourth-order valence-corrected chi connectivity index (χ4v) is 3.31. The maximum Gasteiger partial charge on any atom is 0.116 e. The Bertz CT molecular complexity index is 504. The number of hydrogen-bond acceptors (Lipinski definition) is 1. The fraction of sp³-hybridized carbons (Fsp3) is 0. The maximum atomic E-state index is 6.35. The molecule has 1 nitrogen and oxygen atoms in total. The first-order chi connectivity index (χ1) is 9.18. The quantitative estimate of drug-likeness (QED) is 0.448. The predicted octanol–water partition coefficient (Wildman–Crippen LogP) is 6.65. The van der Waals surface area contributed by atoms with Gasteiger partial charge in [-0.1, -0.05) is 70.5 Å². The van der Waals surface area contributed by atoms with E-state index >= 15 is 0 Å². The highest BCUT2D eigenvalue weighted by atomic mass is 35.9. The third-order valence-electron chi connectivity index (χ3n) is 2.45. The van der Waals surface area contributed by atoms with Crippen LogP contribution in [0.2, 0.25) is 0 Å². The number of nitrogens with zero attached hydrogens (tertiary/aromatic N) is 1.